The topological polar surface area (TPSA) is 43.8 Å². The Balaban J connectivity index is 2.61. The van der Waals surface area contributed by atoms with Gasteiger partial charge in [0.2, 0.25) is 0 Å². The largest absolute Gasteiger partial charge is 0.323 e. The molecule has 0 saturated carbocycles. The van der Waals surface area contributed by atoms with Crippen molar-refractivity contribution in [3.05, 3.63) is 17.0 Å². The first-order valence-electron chi connectivity index (χ1n) is 3.61. The Hall–Kier alpha value is -0.990. The molecule has 0 unspecified atom stereocenters. The number of hydrogen-bond acceptors (Lipinski definition) is 2. The van der Waals surface area contributed by atoms with E-state index in [9.17, 15) is 0 Å². The second-order valence-corrected chi connectivity index (χ2v) is 2.81. The highest BCUT2D eigenvalue weighted by Gasteiger charge is 2.18. The van der Waals surface area contributed by atoms with Crippen LogP contribution in [0.25, 0.3) is 0 Å². The third kappa shape index (κ3) is 0.574. The van der Waals surface area contributed by atoms with Gasteiger partial charge in [-0.25, -0.2) is 0 Å². The average molecular weight is 137 g/mol. The number of nitrogens with two attached hydrogens (primary N) is 1. The predicted molar refractivity (Wildman–Crippen MR) is 39.1 cm³/mol. The fourth-order valence-electron chi connectivity index (χ4n) is 1.65. The standard InChI is InChI=1S/C7H11N3/c1-5-6-3-2-4-7(6)10(8)9-5/h2-4,8H2,1H3. The SMILES string of the molecule is Cc1nn(N)c2c1CCC2. The Kier molecular flexibility index (Phi) is 1.01. The van der Waals surface area contributed by atoms with E-state index in [0.717, 1.165) is 12.1 Å². The lowest BCUT2D eigenvalue weighted by molar-refractivity contribution is 0.742. The van der Waals surface area contributed by atoms with Gasteiger partial charge in [-0.15, -0.1) is 0 Å². The highest BCUT2D eigenvalue weighted by Crippen LogP contribution is 2.22. The molecule has 1 aromatic heterocycles. The van der Waals surface area contributed by atoms with Crippen LogP contribution in [0.1, 0.15) is 23.4 Å². The predicted octanol–water partition coefficient (Wildman–Crippen LogP) is 0.394. The average Bonchev–Trinajstić information content (AvgIpc) is 2.39. The summed E-state index contributed by atoms with van der Waals surface area (Å²) in [5, 5.41) is 4.13. The Morgan fingerprint density at radius 1 is 1.50 bits per heavy atom. The third-order valence-electron chi connectivity index (χ3n) is 2.16. The third-order valence-corrected chi connectivity index (χ3v) is 2.16. The Bertz CT molecular complexity index is 238. The zero-order valence-electron chi connectivity index (χ0n) is 6.09. The van der Waals surface area contributed by atoms with Crippen LogP contribution in [0.15, 0.2) is 0 Å². The Labute approximate surface area is 59.8 Å². The number of rotatable bonds is 0. The van der Waals surface area contributed by atoms with Gasteiger partial charge in [0, 0.05) is 0 Å². The van der Waals surface area contributed by atoms with Crippen LogP contribution in [0.5, 0.6) is 0 Å². The minimum atomic E-state index is 1.10. The lowest BCUT2D eigenvalue weighted by Gasteiger charge is -1.92. The molecule has 0 aromatic carbocycles. The molecule has 0 saturated heterocycles. The van der Waals surface area contributed by atoms with Crippen LogP contribution in [0, 0.1) is 6.92 Å². The van der Waals surface area contributed by atoms with Crippen molar-refractivity contribution in [2.75, 3.05) is 5.84 Å². The van der Waals surface area contributed by atoms with Crippen molar-refractivity contribution in [3.8, 4) is 0 Å². The van der Waals surface area contributed by atoms with E-state index in [4.69, 9.17) is 5.84 Å². The summed E-state index contributed by atoms with van der Waals surface area (Å²) in [6, 6.07) is 0. The van der Waals surface area contributed by atoms with Crippen LogP contribution in [0.2, 0.25) is 0 Å². The molecule has 0 amide bonds. The normalized spacial score (nSPS) is 15.7. The van der Waals surface area contributed by atoms with Crippen molar-refractivity contribution in [1.29, 1.82) is 0 Å². The molecule has 10 heavy (non-hydrogen) atoms. The second-order valence-electron chi connectivity index (χ2n) is 2.81. The molecule has 1 aliphatic carbocycles. The van der Waals surface area contributed by atoms with Crippen molar-refractivity contribution < 1.29 is 0 Å². The maximum absolute atomic E-state index is 5.60. The fraction of sp³-hybridized carbons (Fsp3) is 0.571. The van der Waals surface area contributed by atoms with Gasteiger partial charge in [-0.2, -0.15) is 9.89 Å². The van der Waals surface area contributed by atoms with Crippen molar-refractivity contribution >= 4 is 0 Å². The first-order valence-corrected chi connectivity index (χ1v) is 3.61. The summed E-state index contributed by atoms with van der Waals surface area (Å²) in [5.74, 6) is 5.60. The molecule has 1 aliphatic rings. The molecule has 3 heteroatoms. The van der Waals surface area contributed by atoms with Crippen LogP contribution >= 0.6 is 0 Å². The van der Waals surface area contributed by atoms with Crippen LogP contribution in [0.4, 0.5) is 0 Å². The molecule has 2 N–H and O–H groups in total. The minimum absolute atomic E-state index is 1.10. The summed E-state index contributed by atoms with van der Waals surface area (Å²) in [6.07, 6.45) is 3.51. The van der Waals surface area contributed by atoms with Gasteiger partial charge in [0.05, 0.1) is 11.4 Å². The van der Waals surface area contributed by atoms with E-state index in [1.807, 2.05) is 6.92 Å². The number of aryl methyl sites for hydroxylation is 1. The van der Waals surface area contributed by atoms with Gasteiger partial charge in [-0.1, -0.05) is 0 Å². The van der Waals surface area contributed by atoms with Crippen LogP contribution in [-0.2, 0) is 12.8 Å². The van der Waals surface area contributed by atoms with Gasteiger partial charge in [0.1, 0.15) is 0 Å². The van der Waals surface area contributed by atoms with Gasteiger partial charge in [-0.3, -0.25) is 0 Å². The van der Waals surface area contributed by atoms with Crippen LogP contribution in [0.3, 0.4) is 0 Å². The van der Waals surface area contributed by atoms with Crippen molar-refractivity contribution in [2.24, 2.45) is 0 Å². The summed E-state index contributed by atoms with van der Waals surface area (Å²) < 4.78 is 0. The molecule has 0 bridgehead atoms. The highest BCUT2D eigenvalue weighted by atomic mass is 15.5. The molecule has 2 rings (SSSR count). The van der Waals surface area contributed by atoms with E-state index in [2.05, 4.69) is 5.10 Å². The van der Waals surface area contributed by atoms with E-state index in [0.29, 0.717) is 0 Å². The fourth-order valence-corrected chi connectivity index (χ4v) is 1.65. The molecular formula is C7H11N3. The molecule has 1 aromatic rings. The number of hydrogen-bond donors (Lipinski definition) is 1. The number of nitrogen functional groups attached to an aromatic ring is 1. The van der Waals surface area contributed by atoms with Crippen molar-refractivity contribution in [2.45, 2.75) is 26.2 Å². The maximum Gasteiger partial charge on any atom is 0.0652 e. The van der Waals surface area contributed by atoms with Gasteiger partial charge in [0.15, 0.2) is 0 Å². The molecule has 0 radical (unpaired) electrons. The summed E-state index contributed by atoms with van der Waals surface area (Å²) in [7, 11) is 0. The molecule has 3 nitrogen and oxygen atoms in total. The van der Waals surface area contributed by atoms with E-state index < -0.39 is 0 Å². The van der Waals surface area contributed by atoms with Crippen LogP contribution < -0.4 is 5.84 Å². The summed E-state index contributed by atoms with van der Waals surface area (Å²) in [4.78, 5) is 1.53. The van der Waals surface area contributed by atoms with Crippen LogP contribution in [-0.4, -0.2) is 9.89 Å². The summed E-state index contributed by atoms with van der Waals surface area (Å²) in [6.45, 7) is 2.02. The first kappa shape index (κ1) is 5.77. The molecule has 1 heterocycles. The number of fused-ring (bicyclic) bond motifs is 1. The maximum atomic E-state index is 5.60. The zero-order chi connectivity index (χ0) is 7.14. The van der Waals surface area contributed by atoms with Gasteiger partial charge >= 0.3 is 0 Å². The molecule has 0 fully saturated rings. The Morgan fingerprint density at radius 3 is 3.00 bits per heavy atom. The van der Waals surface area contributed by atoms with Crippen molar-refractivity contribution in [3.63, 3.8) is 0 Å². The zero-order valence-corrected chi connectivity index (χ0v) is 6.09. The first-order chi connectivity index (χ1) is 4.79. The quantitative estimate of drug-likeness (QED) is 0.526. The van der Waals surface area contributed by atoms with Crippen molar-refractivity contribution in [1.82, 2.24) is 9.89 Å². The van der Waals surface area contributed by atoms with E-state index >= 15 is 0 Å². The summed E-state index contributed by atoms with van der Waals surface area (Å²) >= 11 is 0. The van der Waals surface area contributed by atoms with E-state index in [1.54, 1.807) is 0 Å². The van der Waals surface area contributed by atoms with Gasteiger partial charge in [-0.05, 0) is 31.7 Å². The lowest BCUT2D eigenvalue weighted by atomic mass is 10.2. The van der Waals surface area contributed by atoms with Gasteiger partial charge in [0.25, 0.3) is 0 Å². The molecular weight excluding hydrogens is 126 g/mol. The molecule has 0 atom stereocenters. The second kappa shape index (κ2) is 1.75. The molecule has 0 spiro atoms. The molecule has 0 aliphatic heterocycles. The molecule has 54 valence electrons. The van der Waals surface area contributed by atoms with Gasteiger partial charge < -0.3 is 5.84 Å². The smallest absolute Gasteiger partial charge is 0.0652 e. The lowest BCUT2D eigenvalue weighted by Crippen LogP contribution is -2.13. The number of nitrogens with zero attached hydrogens (tertiary/aromatic N) is 2. The van der Waals surface area contributed by atoms with E-state index in [-0.39, 0.29) is 0 Å². The highest BCUT2D eigenvalue weighted by molar-refractivity contribution is 5.29. The number of aromatic nitrogens is 2. The Morgan fingerprint density at radius 2 is 2.30 bits per heavy atom. The summed E-state index contributed by atoms with van der Waals surface area (Å²) in [5.41, 5.74) is 3.72. The monoisotopic (exact) mass is 137 g/mol. The minimum Gasteiger partial charge on any atom is -0.323 e. The van der Waals surface area contributed by atoms with E-state index in [1.165, 1.54) is 28.9 Å².